The van der Waals surface area contributed by atoms with Crippen molar-refractivity contribution in [3.8, 4) is 0 Å². The van der Waals surface area contributed by atoms with E-state index in [4.69, 9.17) is 4.74 Å². The van der Waals surface area contributed by atoms with Gasteiger partial charge in [0.1, 0.15) is 0 Å². The number of aromatic nitrogens is 1. The molecule has 1 fully saturated rings. The smallest absolute Gasteiger partial charge is 0.250 e. The molecular weight excluding hydrogens is 388 g/mol. The molecule has 0 unspecified atom stereocenters. The van der Waals surface area contributed by atoms with Crippen LogP contribution >= 0.6 is 0 Å². The minimum atomic E-state index is 0.0180. The zero-order valence-electron chi connectivity index (χ0n) is 18.9. The molecule has 0 amide bonds. The fraction of sp³-hybridized carbons (Fsp3) is 0.520. The summed E-state index contributed by atoms with van der Waals surface area (Å²) >= 11 is 0. The van der Waals surface area contributed by atoms with E-state index < -0.39 is 0 Å². The summed E-state index contributed by atoms with van der Waals surface area (Å²) in [7, 11) is 1.82. The van der Waals surface area contributed by atoms with Crippen molar-refractivity contribution in [3.63, 3.8) is 0 Å². The molecule has 2 aromatic rings. The van der Waals surface area contributed by atoms with Gasteiger partial charge in [-0.1, -0.05) is 43.2 Å². The lowest BCUT2D eigenvalue weighted by Crippen LogP contribution is -2.43. The number of nitrogens with one attached hydrogen (secondary N) is 2. The van der Waals surface area contributed by atoms with E-state index in [2.05, 4.69) is 46.8 Å². The minimum Gasteiger partial charge on any atom is -0.382 e. The largest absolute Gasteiger partial charge is 0.382 e. The average Bonchev–Trinajstić information content (AvgIpc) is 3.26. The molecule has 0 bridgehead atoms. The van der Waals surface area contributed by atoms with Crippen molar-refractivity contribution < 1.29 is 4.74 Å². The van der Waals surface area contributed by atoms with Gasteiger partial charge in [-0.05, 0) is 48.8 Å². The van der Waals surface area contributed by atoms with Gasteiger partial charge in [0.05, 0.1) is 6.54 Å². The van der Waals surface area contributed by atoms with Crippen LogP contribution in [0.3, 0.4) is 0 Å². The van der Waals surface area contributed by atoms with Gasteiger partial charge in [0, 0.05) is 45.6 Å². The van der Waals surface area contributed by atoms with Crippen LogP contribution in [0.5, 0.6) is 0 Å². The number of guanidine groups is 1. The molecular formula is C25H36N4O2. The SMILES string of the molecule is CCOCCC1(CNC(=NC)NCc2ccc(Cn3ccccc3=O)cc2)CCCC1. The maximum Gasteiger partial charge on any atom is 0.250 e. The van der Waals surface area contributed by atoms with E-state index in [1.807, 2.05) is 19.3 Å². The molecule has 6 nitrogen and oxygen atoms in total. The summed E-state index contributed by atoms with van der Waals surface area (Å²) in [4.78, 5) is 16.3. The molecule has 0 aliphatic heterocycles. The van der Waals surface area contributed by atoms with Gasteiger partial charge in [-0.15, -0.1) is 0 Å². The first kappa shape index (κ1) is 23.1. The van der Waals surface area contributed by atoms with Gasteiger partial charge in [0.2, 0.25) is 0 Å². The zero-order chi connectivity index (χ0) is 21.9. The second kappa shape index (κ2) is 11.7. The number of pyridine rings is 1. The maximum absolute atomic E-state index is 11.9. The molecule has 6 heteroatoms. The highest BCUT2D eigenvalue weighted by atomic mass is 16.5. The van der Waals surface area contributed by atoms with Crippen molar-refractivity contribution in [2.45, 2.75) is 52.1 Å². The van der Waals surface area contributed by atoms with Crippen LogP contribution in [0, 0.1) is 5.41 Å². The lowest BCUT2D eigenvalue weighted by Gasteiger charge is -2.30. The number of rotatable bonds is 10. The zero-order valence-corrected chi connectivity index (χ0v) is 18.9. The topological polar surface area (TPSA) is 67.7 Å². The second-order valence-corrected chi connectivity index (χ2v) is 8.42. The third-order valence-electron chi connectivity index (χ3n) is 6.23. The van der Waals surface area contributed by atoms with Gasteiger partial charge in [-0.25, -0.2) is 0 Å². The Morgan fingerprint density at radius 3 is 2.52 bits per heavy atom. The quantitative estimate of drug-likeness (QED) is 0.348. The molecule has 0 saturated heterocycles. The van der Waals surface area contributed by atoms with Crippen LogP contribution < -0.4 is 16.2 Å². The van der Waals surface area contributed by atoms with Crippen LogP contribution in [0.4, 0.5) is 0 Å². The first-order chi connectivity index (χ1) is 15.1. The van der Waals surface area contributed by atoms with E-state index in [1.165, 1.54) is 31.2 Å². The molecule has 1 aromatic carbocycles. The lowest BCUT2D eigenvalue weighted by atomic mass is 9.83. The molecule has 0 radical (unpaired) electrons. The van der Waals surface area contributed by atoms with Crippen LogP contribution in [-0.4, -0.2) is 37.3 Å². The Kier molecular flexibility index (Phi) is 8.71. The Balaban J connectivity index is 1.49. The molecule has 0 atom stereocenters. The molecule has 168 valence electrons. The Morgan fingerprint density at radius 1 is 1.10 bits per heavy atom. The Hall–Kier alpha value is -2.60. The number of ether oxygens (including phenoxy) is 1. The third kappa shape index (κ3) is 6.96. The first-order valence-electron chi connectivity index (χ1n) is 11.4. The fourth-order valence-electron chi connectivity index (χ4n) is 4.30. The van der Waals surface area contributed by atoms with Crippen molar-refractivity contribution in [1.82, 2.24) is 15.2 Å². The van der Waals surface area contributed by atoms with Crippen molar-refractivity contribution in [2.24, 2.45) is 10.4 Å². The summed E-state index contributed by atoms with van der Waals surface area (Å²) in [5.41, 5.74) is 2.63. The van der Waals surface area contributed by atoms with Crippen LogP contribution in [-0.2, 0) is 17.8 Å². The maximum atomic E-state index is 11.9. The number of aliphatic imine (C=N–C) groups is 1. The van der Waals surface area contributed by atoms with Crippen LogP contribution in [0.1, 0.15) is 50.2 Å². The summed E-state index contributed by atoms with van der Waals surface area (Å²) in [6.45, 7) is 5.90. The van der Waals surface area contributed by atoms with Crippen LogP contribution in [0.25, 0.3) is 0 Å². The van der Waals surface area contributed by atoms with Gasteiger partial charge in [0.25, 0.3) is 5.56 Å². The normalized spacial score (nSPS) is 15.7. The van der Waals surface area contributed by atoms with E-state index in [1.54, 1.807) is 16.7 Å². The van der Waals surface area contributed by atoms with Crippen LogP contribution in [0.15, 0.2) is 58.4 Å². The Bertz CT molecular complexity index is 883. The summed E-state index contributed by atoms with van der Waals surface area (Å²) in [6.07, 6.45) is 8.06. The van der Waals surface area contributed by atoms with E-state index >= 15 is 0 Å². The summed E-state index contributed by atoms with van der Waals surface area (Å²) in [6, 6.07) is 13.6. The Morgan fingerprint density at radius 2 is 1.84 bits per heavy atom. The van der Waals surface area contributed by atoms with Crippen molar-refractivity contribution in [3.05, 3.63) is 70.1 Å². The average molecular weight is 425 g/mol. The summed E-state index contributed by atoms with van der Waals surface area (Å²) < 4.78 is 7.33. The number of nitrogens with zero attached hydrogens (tertiary/aromatic N) is 2. The molecule has 2 N–H and O–H groups in total. The molecule has 1 heterocycles. The van der Waals surface area contributed by atoms with E-state index in [-0.39, 0.29) is 5.56 Å². The molecule has 3 rings (SSSR count). The van der Waals surface area contributed by atoms with E-state index in [0.717, 1.165) is 37.7 Å². The van der Waals surface area contributed by atoms with E-state index in [9.17, 15) is 4.79 Å². The van der Waals surface area contributed by atoms with E-state index in [0.29, 0.717) is 18.5 Å². The van der Waals surface area contributed by atoms with Crippen LogP contribution in [0.2, 0.25) is 0 Å². The minimum absolute atomic E-state index is 0.0180. The lowest BCUT2D eigenvalue weighted by molar-refractivity contribution is 0.105. The monoisotopic (exact) mass is 424 g/mol. The third-order valence-corrected chi connectivity index (χ3v) is 6.23. The van der Waals surface area contributed by atoms with Gasteiger partial charge >= 0.3 is 0 Å². The van der Waals surface area contributed by atoms with Gasteiger partial charge in [0.15, 0.2) is 5.96 Å². The Labute approximate surface area is 185 Å². The molecule has 1 aromatic heterocycles. The van der Waals surface area contributed by atoms with Crippen molar-refractivity contribution in [2.75, 3.05) is 26.8 Å². The standard InChI is InChI=1S/C25H36N4O2/c1-3-31-17-15-25(13-5-6-14-25)20-28-24(26-2)27-18-21-9-11-22(12-10-21)19-29-16-7-4-8-23(29)30/h4,7-12,16H,3,5-6,13-15,17-20H2,1-2H3,(H2,26,27,28). The highest BCUT2D eigenvalue weighted by Crippen LogP contribution is 2.40. The second-order valence-electron chi connectivity index (χ2n) is 8.42. The number of hydrogen-bond acceptors (Lipinski definition) is 3. The van der Waals surface area contributed by atoms with Gasteiger partial charge in [-0.3, -0.25) is 9.79 Å². The molecule has 0 spiro atoms. The van der Waals surface area contributed by atoms with Crippen molar-refractivity contribution >= 4 is 5.96 Å². The fourth-order valence-corrected chi connectivity index (χ4v) is 4.30. The van der Waals surface area contributed by atoms with Gasteiger partial charge in [-0.2, -0.15) is 0 Å². The van der Waals surface area contributed by atoms with Crippen molar-refractivity contribution in [1.29, 1.82) is 0 Å². The number of hydrogen-bond donors (Lipinski definition) is 2. The molecule has 1 aliphatic rings. The summed E-state index contributed by atoms with van der Waals surface area (Å²) in [5, 5.41) is 6.97. The summed E-state index contributed by atoms with van der Waals surface area (Å²) in [5.74, 6) is 0.836. The molecule has 1 saturated carbocycles. The molecule has 31 heavy (non-hydrogen) atoms. The first-order valence-corrected chi connectivity index (χ1v) is 11.4. The van der Waals surface area contributed by atoms with Gasteiger partial charge < -0.3 is 19.9 Å². The predicted molar refractivity (Wildman–Crippen MR) is 126 cm³/mol. The highest BCUT2D eigenvalue weighted by molar-refractivity contribution is 5.79. The number of benzene rings is 1. The molecule has 1 aliphatic carbocycles. The predicted octanol–water partition coefficient (Wildman–Crippen LogP) is 3.55. The highest BCUT2D eigenvalue weighted by Gasteiger charge is 2.33.